The van der Waals surface area contributed by atoms with E-state index in [1.165, 1.54) is 36.0 Å². The molecule has 3 aromatic rings. The van der Waals surface area contributed by atoms with E-state index >= 15 is 0 Å². The van der Waals surface area contributed by atoms with Crippen molar-refractivity contribution in [1.29, 1.82) is 0 Å². The van der Waals surface area contributed by atoms with Crippen molar-refractivity contribution in [3.05, 3.63) is 65.5 Å². The number of amides is 2. The van der Waals surface area contributed by atoms with Gasteiger partial charge in [-0.15, -0.1) is 5.10 Å². The minimum atomic E-state index is -4.51. The first-order chi connectivity index (χ1) is 15.2. The molecule has 0 unspecified atom stereocenters. The molecule has 2 amide bonds. The molecule has 0 fully saturated rings. The Labute approximate surface area is 186 Å². The van der Waals surface area contributed by atoms with Crippen LogP contribution >= 0.6 is 11.8 Å². The second kappa shape index (κ2) is 10.3. The van der Waals surface area contributed by atoms with Gasteiger partial charge in [0.1, 0.15) is 5.82 Å². The molecule has 2 aromatic carbocycles. The predicted octanol–water partition coefficient (Wildman–Crippen LogP) is 4.76. The molecule has 0 radical (unpaired) electrons. The third kappa shape index (κ3) is 6.58. The summed E-state index contributed by atoms with van der Waals surface area (Å²) in [6.45, 7) is 2.02. The van der Waals surface area contributed by atoms with Crippen LogP contribution < -0.4 is 10.6 Å². The zero-order chi connectivity index (χ0) is 23.1. The molecule has 0 saturated heterocycles. The summed E-state index contributed by atoms with van der Waals surface area (Å²) < 4.78 is 38.5. The van der Waals surface area contributed by atoms with Gasteiger partial charge in [0.15, 0.2) is 0 Å². The topological polar surface area (TPSA) is 99.8 Å². The highest BCUT2D eigenvalue weighted by atomic mass is 32.2. The van der Waals surface area contributed by atoms with Crippen molar-refractivity contribution < 1.29 is 22.8 Å². The number of halogens is 3. The molecule has 0 aliphatic heterocycles. The van der Waals surface area contributed by atoms with Crippen LogP contribution in [0.1, 0.15) is 35.1 Å². The second-order valence-electron chi connectivity index (χ2n) is 6.77. The highest BCUT2D eigenvalue weighted by Crippen LogP contribution is 2.30. The number of H-pyrrole nitrogens is 1. The zero-order valence-corrected chi connectivity index (χ0v) is 17.8. The standard InChI is InChI=1S/C21H20F3N5O2S/c1-2-5-17-27-20(29-28-17)32-12-18(30)25-15-8-3-6-13(10-15)19(31)26-16-9-4-7-14(11-16)21(22,23)24/h3-4,6-11H,2,5,12H2,1H3,(H,25,30)(H,26,31)(H,27,28,29). The molecule has 1 aromatic heterocycles. The van der Waals surface area contributed by atoms with Gasteiger partial charge in [-0.1, -0.05) is 30.8 Å². The SMILES string of the molecule is CCCc1nc(SCC(=O)Nc2cccc(C(=O)Nc3cccc(C(F)(F)F)c3)c2)n[nH]1. The van der Waals surface area contributed by atoms with E-state index in [1.807, 2.05) is 6.92 Å². The van der Waals surface area contributed by atoms with Crippen molar-refractivity contribution >= 4 is 35.0 Å². The number of thioether (sulfide) groups is 1. The highest BCUT2D eigenvalue weighted by molar-refractivity contribution is 7.99. The summed E-state index contributed by atoms with van der Waals surface area (Å²) in [5.41, 5.74) is -0.272. The van der Waals surface area contributed by atoms with Crippen LogP contribution in [-0.2, 0) is 17.4 Å². The molecule has 0 saturated carbocycles. The minimum Gasteiger partial charge on any atom is -0.325 e. The first-order valence-electron chi connectivity index (χ1n) is 9.67. The van der Waals surface area contributed by atoms with Gasteiger partial charge in [0.25, 0.3) is 5.91 Å². The number of carbonyl (C=O) groups excluding carboxylic acids is 2. The molecule has 0 spiro atoms. The lowest BCUT2D eigenvalue weighted by atomic mass is 10.1. The molecular formula is C21H20F3N5O2S. The van der Waals surface area contributed by atoms with Gasteiger partial charge in [0, 0.05) is 23.4 Å². The van der Waals surface area contributed by atoms with Crippen LogP contribution in [0.5, 0.6) is 0 Å². The van der Waals surface area contributed by atoms with Crippen molar-refractivity contribution in [2.75, 3.05) is 16.4 Å². The normalized spacial score (nSPS) is 11.2. The van der Waals surface area contributed by atoms with Gasteiger partial charge >= 0.3 is 6.18 Å². The van der Waals surface area contributed by atoms with E-state index < -0.39 is 17.6 Å². The lowest BCUT2D eigenvalue weighted by molar-refractivity contribution is -0.137. The Morgan fingerprint density at radius 2 is 1.78 bits per heavy atom. The van der Waals surface area contributed by atoms with Crippen LogP contribution in [-0.4, -0.2) is 32.7 Å². The number of alkyl halides is 3. The Kier molecular flexibility index (Phi) is 7.52. The Hall–Kier alpha value is -3.34. The van der Waals surface area contributed by atoms with Crippen molar-refractivity contribution in [2.45, 2.75) is 31.1 Å². The van der Waals surface area contributed by atoms with E-state index in [4.69, 9.17) is 0 Å². The van der Waals surface area contributed by atoms with Crippen LogP contribution in [0, 0.1) is 0 Å². The maximum absolute atomic E-state index is 12.8. The fraction of sp³-hybridized carbons (Fsp3) is 0.238. The van der Waals surface area contributed by atoms with Crippen molar-refractivity contribution in [2.24, 2.45) is 0 Å². The smallest absolute Gasteiger partial charge is 0.325 e. The second-order valence-corrected chi connectivity index (χ2v) is 7.71. The Bertz CT molecular complexity index is 1100. The van der Waals surface area contributed by atoms with E-state index in [1.54, 1.807) is 12.1 Å². The average molecular weight is 463 g/mol. The molecule has 0 atom stereocenters. The molecular weight excluding hydrogens is 443 g/mol. The fourth-order valence-corrected chi connectivity index (χ4v) is 3.35. The summed E-state index contributed by atoms with van der Waals surface area (Å²) in [6.07, 6.45) is -2.81. The Morgan fingerprint density at radius 1 is 1.06 bits per heavy atom. The lowest BCUT2D eigenvalue weighted by Crippen LogP contribution is -2.16. The van der Waals surface area contributed by atoms with E-state index in [0.717, 1.165) is 30.8 Å². The number of carbonyl (C=O) groups is 2. The van der Waals surface area contributed by atoms with Crippen LogP contribution in [0.3, 0.4) is 0 Å². The first kappa shape index (κ1) is 23.3. The predicted molar refractivity (Wildman–Crippen MR) is 116 cm³/mol. The number of hydrogen-bond donors (Lipinski definition) is 3. The Balaban J connectivity index is 1.58. The van der Waals surface area contributed by atoms with E-state index in [-0.39, 0.29) is 22.9 Å². The summed E-state index contributed by atoms with van der Waals surface area (Å²) in [4.78, 5) is 28.9. The average Bonchev–Trinajstić information content (AvgIpc) is 3.20. The number of benzene rings is 2. The third-order valence-corrected chi connectivity index (χ3v) is 5.03. The number of aryl methyl sites for hydroxylation is 1. The Morgan fingerprint density at radius 3 is 2.50 bits per heavy atom. The van der Waals surface area contributed by atoms with Crippen LogP contribution in [0.25, 0.3) is 0 Å². The molecule has 168 valence electrons. The van der Waals surface area contributed by atoms with E-state index in [9.17, 15) is 22.8 Å². The first-order valence-corrected chi connectivity index (χ1v) is 10.7. The number of aromatic amines is 1. The van der Waals surface area contributed by atoms with Gasteiger partial charge in [-0.25, -0.2) is 4.98 Å². The number of hydrogen-bond acceptors (Lipinski definition) is 5. The molecule has 1 heterocycles. The minimum absolute atomic E-state index is 0.0182. The number of aromatic nitrogens is 3. The van der Waals surface area contributed by atoms with Gasteiger partial charge in [-0.3, -0.25) is 14.7 Å². The number of rotatable bonds is 8. The van der Waals surface area contributed by atoms with Gasteiger partial charge in [0.2, 0.25) is 11.1 Å². The molecule has 0 aliphatic rings. The van der Waals surface area contributed by atoms with Crippen LogP contribution in [0.2, 0.25) is 0 Å². The molecule has 0 bridgehead atoms. The maximum Gasteiger partial charge on any atom is 0.416 e. The van der Waals surface area contributed by atoms with Crippen molar-refractivity contribution in [1.82, 2.24) is 15.2 Å². The summed E-state index contributed by atoms with van der Waals surface area (Å²) >= 11 is 1.17. The van der Waals surface area contributed by atoms with Crippen molar-refractivity contribution in [3.63, 3.8) is 0 Å². The summed E-state index contributed by atoms with van der Waals surface area (Å²) in [5.74, 6) is -0.0782. The van der Waals surface area contributed by atoms with E-state index in [2.05, 4.69) is 25.8 Å². The van der Waals surface area contributed by atoms with Gasteiger partial charge in [0.05, 0.1) is 11.3 Å². The number of anilines is 2. The maximum atomic E-state index is 12.8. The molecule has 7 nitrogen and oxygen atoms in total. The van der Waals surface area contributed by atoms with E-state index in [0.29, 0.717) is 10.8 Å². The van der Waals surface area contributed by atoms with Crippen LogP contribution in [0.15, 0.2) is 53.7 Å². The monoisotopic (exact) mass is 463 g/mol. The quantitative estimate of drug-likeness (QED) is 0.419. The van der Waals surface area contributed by atoms with Gasteiger partial charge < -0.3 is 10.6 Å². The number of nitrogens with zero attached hydrogens (tertiary/aromatic N) is 2. The van der Waals surface area contributed by atoms with Crippen LogP contribution in [0.4, 0.5) is 24.5 Å². The number of nitrogens with one attached hydrogen (secondary N) is 3. The van der Waals surface area contributed by atoms with Crippen molar-refractivity contribution in [3.8, 4) is 0 Å². The highest BCUT2D eigenvalue weighted by Gasteiger charge is 2.30. The molecule has 3 N–H and O–H groups in total. The third-order valence-electron chi connectivity index (χ3n) is 4.19. The molecule has 0 aliphatic carbocycles. The zero-order valence-electron chi connectivity index (χ0n) is 17.0. The van der Waals surface area contributed by atoms with Gasteiger partial charge in [-0.05, 0) is 42.8 Å². The molecule has 32 heavy (non-hydrogen) atoms. The lowest BCUT2D eigenvalue weighted by Gasteiger charge is -2.11. The molecule has 11 heteroatoms. The molecule has 3 rings (SSSR count). The largest absolute Gasteiger partial charge is 0.416 e. The summed E-state index contributed by atoms with van der Waals surface area (Å²) in [6, 6.07) is 10.5. The summed E-state index contributed by atoms with van der Waals surface area (Å²) in [5, 5.41) is 12.4. The van der Waals surface area contributed by atoms with Gasteiger partial charge in [-0.2, -0.15) is 13.2 Å². The summed E-state index contributed by atoms with van der Waals surface area (Å²) in [7, 11) is 0. The fourth-order valence-electron chi connectivity index (χ4n) is 2.73.